The van der Waals surface area contributed by atoms with Crippen LogP contribution in [0.2, 0.25) is 0 Å². The van der Waals surface area contributed by atoms with Gasteiger partial charge in [0, 0.05) is 25.6 Å². The van der Waals surface area contributed by atoms with E-state index in [-0.39, 0.29) is 17.7 Å². The second kappa shape index (κ2) is 6.56. The highest BCUT2D eigenvalue weighted by molar-refractivity contribution is 5.86. The van der Waals surface area contributed by atoms with Gasteiger partial charge in [0.05, 0.1) is 13.7 Å². The van der Waals surface area contributed by atoms with Gasteiger partial charge in [0.15, 0.2) is 0 Å². The van der Waals surface area contributed by atoms with Crippen LogP contribution >= 0.6 is 0 Å². The molecule has 20 heavy (non-hydrogen) atoms. The molecule has 0 saturated carbocycles. The fourth-order valence-electron chi connectivity index (χ4n) is 2.25. The van der Waals surface area contributed by atoms with Crippen LogP contribution in [0.4, 0.5) is 0 Å². The quantitative estimate of drug-likeness (QED) is 0.792. The van der Waals surface area contributed by atoms with Crippen molar-refractivity contribution in [2.24, 2.45) is 0 Å². The fourth-order valence-corrected chi connectivity index (χ4v) is 2.25. The van der Waals surface area contributed by atoms with E-state index >= 15 is 0 Å². The summed E-state index contributed by atoms with van der Waals surface area (Å²) in [6, 6.07) is 3.51. The minimum Gasteiger partial charge on any atom is -0.463 e. The van der Waals surface area contributed by atoms with Crippen molar-refractivity contribution in [1.82, 2.24) is 10.2 Å². The molecular formula is C14H20N2O4. The largest absolute Gasteiger partial charge is 0.463 e. The second-order valence-electron chi connectivity index (χ2n) is 4.98. The van der Waals surface area contributed by atoms with E-state index in [4.69, 9.17) is 4.42 Å². The summed E-state index contributed by atoms with van der Waals surface area (Å²) in [5, 5.41) is 3.28. The lowest BCUT2D eigenvalue weighted by molar-refractivity contribution is -0.127. The Morgan fingerprint density at radius 1 is 1.55 bits per heavy atom. The van der Waals surface area contributed by atoms with Gasteiger partial charge in [0.1, 0.15) is 5.76 Å². The van der Waals surface area contributed by atoms with E-state index in [1.54, 1.807) is 12.1 Å². The minimum atomic E-state index is -0.480. The van der Waals surface area contributed by atoms with E-state index in [1.807, 2.05) is 11.8 Å². The Morgan fingerprint density at radius 3 is 3.00 bits per heavy atom. The average Bonchev–Trinajstić information content (AvgIpc) is 3.06. The highest BCUT2D eigenvalue weighted by Crippen LogP contribution is 2.11. The van der Waals surface area contributed by atoms with Crippen LogP contribution in [0.5, 0.6) is 0 Å². The van der Waals surface area contributed by atoms with Crippen molar-refractivity contribution in [1.29, 1.82) is 0 Å². The van der Waals surface area contributed by atoms with Crippen molar-refractivity contribution < 1.29 is 18.7 Å². The molecule has 1 aromatic rings. The SMILES string of the molecule is COC(=O)c1ccc(CNC(C)CN2CCCC2=O)o1. The van der Waals surface area contributed by atoms with Crippen molar-refractivity contribution in [2.75, 3.05) is 20.2 Å². The number of rotatable bonds is 6. The number of nitrogens with one attached hydrogen (secondary N) is 1. The van der Waals surface area contributed by atoms with Crippen molar-refractivity contribution in [3.63, 3.8) is 0 Å². The molecule has 0 bridgehead atoms. The van der Waals surface area contributed by atoms with E-state index in [0.29, 0.717) is 25.3 Å². The number of methoxy groups -OCH3 is 1. The van der Waals surface area contributed by atoms with Gasteiger partial charge >= 0.3 is 5.97 Å². The molecule has 1 N–H and O–H groups in total. The molecule has 0 radical (unpaired) electrons. The van der Waals surface area contributed by atoms with Gasteiger partial charge in [-0.3, -0.25) is 4.79 Å². The van der Waals surface area contributed by atoms with Crippen molar-refractivity contribution in [3.05, 3.63) is 23.7 Å². The smallest absolute Gasteiger partial charge is 0.373 e. The van der Waals surface area contributed by atoms with Crippen LogP contribution in [0, 0.1) is 0 Å². The Morgan fingerprint density at radius 2 is 2.35 bits per heavy atom. The lowest BCUT2D eigenvalue weighted by Gasteiger charge is -2.21. The average molecular weight is 280 g/mol. The molecule has 2 heterocycles. The predicted octanol–water partition coefficient (Wildman–Crippen LogP) is 1.17. The Labute approximate surface area is 118 Å². The first-order valence-electron chi connectivity index (χ1n) is 6.78. The second-order valence-corrected chi connectivity index (χ2v) is 4.98. The molecule has 1 amide bonds. The van der Waals surface area contributed by atoms with E-state index in [0.717, 1.165) is 13.0 Å². The number of carbonyl (C=O) groups is 2. The van der Waals surface area contributed by atoms with Crippen LogP contribution in [0.1, 0.15) is 36.1 Å². The maximum atomic E-state index is 11.5. The summed E-state index contributed by atoms with van der Waals surface area (Å²) >= 11 is 0. The molecule has 0 aromatic carbocycles. The summed E-state index contributed by atoms with van der Waals surface area (Å²) in [6.07, 6.45) is 1.61. The third-order valence-corrected chi connectivity index (χ3v) is 3.34. The summed E-state index contributed by atoms with van der Waals surface area (Å²) in [5.41, 5.74) is 0. The Hall–Kier alpha value is -1.82. The molecule has 1 saturated heterocycles. The number of amides is 1. The highest BCUT2D eigenvalue weighted by Gasteiger charge is 2.21. The molecule has 110 valence electrons. The van der Waals surface area contributed by atoms with Gasteiger partial charge in [0.2, 0.25) is 11.7 Å². The fraction of sp³-hybridized carbons (Fsp3) is 0.571. The molecule has 0 spiro atoms. The summed E-state index contributed by atoms with van der Waals surface area (Å²) < 4.78 is 9.94. The predicted molar refractivity (Wildman–Crippen MR) is 72.2 cm³/mol. The van der Waals surface area contributed by atoms with Crippen LogP contribution in [0.25, 0.3) is 0 Å². The zero-order valence-electron chi connectivity index (χ0n) is 11.8. The van der Waals surface area contributed by atoms with Crippen molar-refractivity contribution in [2.45, 2.75) is 32.4 Å². The number of nitrogens with zero attached hydrogens (tertiary/aromatic N) is 1. The van der Waals surface area contributed by atoms with E-state index < -0.39 is 5.97 Å². The van der Waals surface area contributed by atoms with E-state index in [9.17, 15) is 9.59 Å². The van der Waals surface area contributed by atoms with Crippen LogP contribution in [-0.4, -0.2) is 43.0 Å². The van der Waals surface area contributed by atoms with Crippen molar-refractivity contribution in [3.8, 4) is 0 Å². The monoisotopic (exact) mass is 280 g/mol. The summed E-state index contributed by atoms with van der Waals surface area (Å²) in [7, 11) is 1.32. The molecule has 1 aromatic heterocycles. The zero-order chi connectivity index (χ0) is 14.5. The molecule has 1 aliphatic heterocycles. The maximum Gasteiger partial charge on any atom is 0.373 e. The molecule has 2 rings (SSSR count). The summed E-state index contributed by atoms with van der Waals surface area (Å²) in [6.45, 7) is 4.08. The molecule has 1 fully saturated rings. The molecule has 6 heteroatoms. The first-order chi connectivity index (χ1) is 9.60. The number of likely N-dealkylation sites (tertiary alicyclic amines) is 1. The molecule has 0 aliphatic carbocycles. The third-order valence-electron chi connectivity index (χ3n) is 3.34. The van der Waals surface area contributed by atoms with Crippen LogP contribution in [0.3, 0.4) is 0 Å². The van der Waals surface area contributed by atoms with Gasteiger partial charge in [-0.1, -0.05) is 0 Å². The highest BCUT2D eigenvalue weighted by atomic mass is 16.5. The van der Waals surface area contributed by atoms with Gasteiger partial charge in [0.25, 0.3) is 0 Å². The first kappa shape index (κ1) is 14.6. The normalized spacial score (nSPS) is 16.5. The van der Waals surface area contributed by atoms with Gasteiger partial charge < -0.3 is 19.4 Å². The number of carbonyl (C=O) groups excluding carboxylic acids is 2. The standard InChI is InChI=1S/C14H20N2O4/c1-10(9-16-7-3-4-13(16)17)15-8-11-5-6-12(20-11)14(18)19-2/h5-6,10,15H,3-4,7-9H2,1-2H3. The van der Waals surface area contributed by atoms with Crippen LogP contribution in [0.15, 0.2) is 16.5 Å². The number of ether oxygens (including phenoxy) is 1. The number of esters is 1. The number of furan rings is 1. The zero-order valence-corrected chi connectivity index (χ0v) is 11.8. The minimum absolute atomic E-state index is 0.170. The molecule has 1 aliphatic rings. The lowest BCUT2D eigenvalue weighted by Crippen LogP contribution is -2.39. The van der Waals surface area contributed by atoms with Crippen LogP contribution < -0.4 is 5.32 Å². The first-order valence-corrected chi connectivity index (χ1v) is 6.78. The molecule has 1 atom stereocenters. The number of hydrogen-bond donors (Lipinski definition) is 1. The Balaban J connectivity index is 1.78. The Kier molecular flexibility index (Phi) is 4.79. The van der Waals surface area contributed by atoms with Gasteiger partial charge in [-0.2, -0.15) is 0 Å². The third kappa shape index (κ3) is 3.60. The molecule has 1 unspecified atom stereocenters. The van der Waals surface area contributed by atoms with Gasteiger partial charge in [-0.05, 0) is 25.5 Å². The number of hydrogen-bond acceptors (Lipinski definition) is 5. The molecular weight excluding hydrogens is 260 g/mol. The molecule has 6 nitrogen and oxygen atoms in total. The van der Waals surface area contributed by atoms with Gasteiger partial charge in [-0.25, -0.2) is 4.79 Å². The topological polar surface area (TPSA) is 71.8 Å². The lowest BCUT2D eigenvalue weighted by atomic mass is 10.3. The van der Waals surface area contributed by atoms with Crippen LogP contribution in [-0.2, 0) is 16.1 Å². The van der Waals surface area contributed by atoms with Gasteiger partial charge in [-0.15, -0.1) is 0 Å². The summed E-state index contributed by atoms with van der Waals surface area (Å²) in [4.78, 5) is 24.6. The van der Waals surface area contributed by atoms with E-state index in [1.165, 1.54) is 7.11 Å². The van der Waals surface area contributed by atoms with E-state index in [2.05, 4.69) is 10.1 Å². The Bertz CT molecular complexity index is 483. The van der Waals surface area contributed by atoms with Crippen molar-refractivity contribution >= 4 is 11.9 Å². The maximum absolute atomic E-state index is 11.5. The summed E-state index contributed by atoms with van der Waals surface area (Å²) in [5.74, 6) is 0.619.